The lowest BCUT2D eigenvalue weighted by Crippen LogP contribution is -2.31. The molecule has 0 bridgehead atoms. The number of aliphatic carboxylic acids is 1. The fourth-order valence-electron chi connectivity index (χ4n) is 2.11. The summed E-state index contributed by atoms with van der Waals surface area (Å²) < 4.78 is 1.63. The van der Waals surface area contributed by atoms with Crippen LogP contribution in [0, 0.1) is 5.41 Å². The van der Waals surface area contributed by atoms with Crippen molar-refractivity contribution < 1.29 is 9.90 Å². The van der Waals surface area contributed by atoms with Crippen LogP contribution in [0.15, 0.2) is 18.6 Å². The summed E-state index contributed by atoms with van der Waals surface area (Å²) in [5.41, 5.74) is 5.86. The van der Waals surface area contributed by atoms with E-state index in [4.69, 9.17) is 5.73 Å². The molecule has 0 aliphatic heterocycles. The van der Waals surface area contributed by atoms with Crippen molar-refractivity contribution in [2.45, 2.75) is 26.8 Å². The minimum atomic E-state index is -0.891. The van der Waals surface area contributed by atoms with Gasteiger partial charge in [0.2, 0.25) is 0 Å². The Kier molecular flexibility index (Phi) is 2.73. The monoisotopic (exact) mass is 248 g/mol. The summed E-state index contributed by atoms with van der Waals surface area (Å²) in [7, 11) is 0. The largest absolute Gasteiger partial charge is 0.480 e. The van der Waals surface area contributed by atoms with Crippen LogP contribution in [-0.2, 0) is 4.79 Å². The molecule has 1 atom stereocenters. The van der Waals surface area contributed by atoms with Crippen LogP contribution in [0.2, 0.25) is 0 Å². The molecule has 96 valence electrons. The molecule has 6 nitrogen and oxygen atoms in total. The number of aromatic nitrogens is 3. The molecule has 2 rings (SSSR count). The van der Waals surface area contributed by atoms with Gasteiger partial charge >= 0.3 is 5.97 Å². The number of hydrogen-bond donors (Lipinski definition) is 2. The predicted molar refractivity (Wildman–Crippen MR) is 68.1 cm³/mol. The third-order valence-corrected chi connectivity index (χ3v) is 2.87. The highest BCUT2D eigenvalue weighted by Crippen LogP contribution is 2.33. The molecular weight excluding hydrogens is 232 g/mol. The first-order valence-corrected chi connectivity index (χ1v) is 5.62. The van der Waals surface area contributed by atoms with Crippen molar-refractivity contribution in [2.75, 3.05) is 5.73 Å². The van der Waals surface area contributed by atoms with E-state index < -0.39 is 17.4 Å². The molecule has 0 aliphatic carbocycles. The van der Waals surface area contributed by atoms with Gasteiger partial charge in [0.25, 0.3) is 0 Å². The summed E-state index contributed by atoms with van der Waals surface area (Å²) >= 11 is 0. The van der Waals surface area contributed by atoms with Gasteiger partial charge in [0.15, 0.2) is 0 Å². The van der Waals surface area contributed by atoms with Crippen molar-refractivity contribution in [3.63, 3.8) is 0 Å². The first-order valence-electron chi connectivity index (χ1n) is 5.62. The van der Waals surface area contributed by atoms with Crippen molar-refractivity contribution in [3.05, 3.63) is 18.6 Å². The van der Waals surface area contributed by atoms with Gasteiger partial charge in [-0.1, -0.05) is 20.8 Å². The molecule has 0 saturated heterocycles. The number of rotatable bonds is 2. The topological polar surface area (TPSA) is 94.0 Å². The standard InChI is InChI=1S/C12H16N4O2/c1-12(2,3)8(11(17)18)16-5-4-7-9(13)14-6-15-10(7)16/h4-6,8H,1-3H3,(H,17,18)(H2,13,14,15). The lowest BCUT2D eigenvalue weighted by Gasteiger charge is -2.28. The van der Waals surface area contributed by atoms with Crippen molar-refractivity contribution in [1.82, 2.24) is 14.5 Å². The van der Waals surface area contributed by atoms with Crippen molar-refractivity contribution in [2.24, 2.45) is 5.41 Å². The first-order chi connectivity index (χ1) is 8.32. The quantitative estimate of drug-likeness (QED) is 0.843. The van der Waals surface area contributed by atoms with E-state index in [1.807, 2.05) is 20.8 Å². The SMILES string of the molecule is CC(C)(C)C(C(=O)O)n1ccc2c(N)ncnc21. The molecule has 0 amide bonds. The Labute approximate surface area is 104 Å². The second-order valence-corrected chi connectivity index (χ2v) is 5.33. The van der Waals surface area contributed by atoms with Gasteiger partial charge < -0.3 is 15.4 Å². The van der Waals surface area contributed by atoms with E-state index in [2.05, 4.69) is 9.97 Å². The van der Waals surface area contributed by atoms with E-state index in [9.17, 15) is 9.90 Å². The summed E-state index contributed by atoms with van der Waals surface area (Å²) in [4.78, 5) is 19.5. The Morgan fingerprint density at radius 1 is 1.44 bits per heavy atom. The summed E-state index contributed by atoms with van der Waals surface area (Å²) in [6, 6.07) is 1.04. The molecule has 0 fully saturated rings. The van der Waals surface area contributed by atoms with Crippen LogP contribution in [-0.4, -0.2) is 25.6 Å². The number of carboxylic acids is 1. The highest BCUT2D eigenvalue weighted by atomic mass is 16.4. The lowest BCUT2D eigenvalue weighted by molar-refractivity contribution is -0.144. The molecule has 0 saturated carbocycles. The van der Waals surface area contributed by atoms with Crippen molar-refractivity contribution in [3.8, 4) is 0 Å². The Bertz CT molecular complexity index is 598. The molecule has 2 aromatic rings. The van der Waals surface area contributed by atoms with Gasteiger partial charge in [0, 0.05) is 6.20 Å². The van der Waals surface area contributed by atoms with Gasteiger partial charge in [0.1, 0.15) is 23.8 Å². The van der Waals surface area contributed by atoms with E-state index in [0.29, 0.717) is 16.9 Å². The third kappa shape index (κ3) is 1.90. The molecule has 0 radical (unpaired) electrons. The number of fused-ring (bicyclic) bond motifs is 1. The van der Waals surface area contributed by atoms with Gasteiger partial charge in [-0.3, -0.25) is 0 Å². The Morgan fingerprint density at radius 3 is 2.67 bits per heavy atom. The number of anilines is 1. The Hall–Kier alpha value is -2.11. The van der Waals surface area contributed by atoms with E-state index in [-0.39, 0.29) is 0 Å². The van der Waals surface area contributed by atoms with Crippen LogP contribution in [0.25, 0.3) is 11.0 Å². The summed E-state index contributed by atoms with van der Waals surface area (Å²) in [5.74, 6) is -0.533. The van der Waals surface area contributed by atoms with E-state index in [0.717, 1.165) is 0 Å². The molecule has 6 heteroatoms. The van der Waals surface area contributed by atoms with E-state index in [1.54, 1.807) is 16.8 Å². The number of carboxylic acid groups (broad SMARTS) is 1. The summed E-state index contributed by atoms with van der Waals surface area (Å²) in [6.45, 7) is 5.63. The number of carbonyl (C=O) groups is 1. The minimum absolute atomic E-state index is 0.358. The fourth-order valence-corrected chi connectivity index (χ4v) is 2.11. The third-order valence-electron chi connectivity index (χ3n) is 2.87. The molecular formula is C12H16N4O2. The molecule has 3 N–H and O–H groups in total. The lowest BCUT2D eigenvalue weighted by atomic mass is 9.86. The molecule has 0 aliphatic rings. The number of nitrogens with two attached hydrogens (primary N) is 1. The predicted octanol–water partition coefficient (Wildman–Crippen LogP) is 1.69. The highest BCUT2D eigenvalue weighted by molar-refractivity contribution is 5.87. The average Bonchev–Trinajstić information content (AvgIpc) is 2.61. The van der Waals surface area contributed by atoms with E-state index >= 15 is 0 Å². The van der Waals surface area contributed by atoms with Crippen molar-refractivity contribution in [1.29, 1.82) is 0 Å². The van der Waals surface area contributed by atoms with Crippen LogP contribution in [0.3, 0.4) is 0 Å². The fraction of sp³-hybridized carbons (Fsp3) is 0.417. The maximum Gasteiger partial charge on any atom is 0.327 e. The smallest absolute Gasteiger partial charge is 0.327 e. The van der Waals surface area contributed by atoms with Gasteiger partial charge in [-0.05, 0) is 11.5 Å². The molecule has 2 aromatic heterocycles. The zero-order chi connectivity index (χ0) is 13.5. The number of nitrogen functional groups attached to an aromatic ring is 1. The van der Waals surface area contributed by atoms with Crippen molar-refractivity contribution >= 4 is 22.8 Å². The van der Waals surface area contributed by atoms with Gasteiger partial charge in [-0.15, -0.1) is 0 Å². The Balaban J connectivity index is 2.66. The highest BCUT2D eigenvalue weighted by Gasteiger charge is 2.33. The molecule has 1 unspecified atom stereocenters. The zero-order valence-corrected chi connectivity index (χ0v) is 10.6. The molecule has 18 heavy (non-hydrogen) atoms. The molecule has 0 aromatic carbocycles. The number of hydrogen-bond acceptors (Lipinski definition) is 4. The summed E-state index contributed by atoms with van der Waals surface area (Å²) in [5, 5.41) is 10.1. The molecule has 0 spiro atoms. The normalized spacial score (nSPS) is 13.7. The van der Waals surface area contributed by atoms with Crippen LogP contribution in [0.5, 0.6) is 0 Å². The second-order valence-electron chi connectivity index (χ2n) is 5.33. The Morgan fingerprint density at radius 2 is 2.11 bits per heavy atom. The van der Waals surface area contributed by atoms with Gasteiger partial charge in [-0.2, -0.15) is 0 Å². The second kappa shape index (κ2) is 3.97. The van der Waals surface area contributed by atoms with Gasteiger partial charge in [0.05, 0.1) is 5.39 Å². The minimum Gasteiger partial charge on any atom is -0.480 e. The van der Waals surface area contributed by atoms with Gasteiger partial charge in [-0.25, -0.2) is 14.8 Å². The average molecular weight is 248 g/mol. The van der Waals surface area contributed by atoms with Crippen LogP contribution in [0.1, 0.15) is 26.8 Å². The number of nitrogens with zero attached hydrogens (tertiary/aromatic N) is 3. The maximum atomic E-state index is 11.5. The maximum absolute atomic E-state index is 11.5. The van der Waals surface area contributed by atoms with Crippen LogP contribution >= 0.6 is 0 Å². The van der Waals surface area contributed by atoms with Crippen LogP contribution < -0.4 is 5.73 Å². The van der Waals surface area contributed by atoms with Crippen LogP contribution in [0.4, 0.5) is 5.82 Å². The summed E-state index contributed by atoms with van der Waals surface area (Å²) in [6.07, 6.45) is 3.04. The van der Waals surface area contributed by atoms with E-state index in [1.165, 1.54) is 6.33 Å². The zero-order valence-electron chi connectivity index (χ0n) is 10.6. The first kappa shape index (κ1) is 12.3. The molecule has 2 heterocycles.